The molecule has 0 heterocycles. The van der Waals surface area contributed by atoms with Crippen molar-refractivity contribution in [2.45, 2.75) is 13.0 Å². The molecule has 0 saturated carbocycles. The molecule has 3 N–H and O–H groups in total. The first kappa shape index (κ1) is 13.6. The molecular formula is C5H7O9P. The van der Waals surface area contributed by atoms with E-state index in [9.17, 15) is 18.9 Å². The number of aliphatic carboxylic acids is 2. The smallest absolute Gasteiger partial charge is 0.479 e. The van der Waals surface area contributed by atoms with Crippen LogP contribution in [0.5, 0.6) is 0 Å². The zero-order chi connectivity index (χ0) is 12.2. The van der Waals surface area contributed by atoms with Gasteiger partial charge in [-0.05, 0) is 6.92 Å². The van der Waals surface area contributed by atoms with E-state index in [2.05, 4.69) is 9.05 Å². The predicted octanol–water partition coefficient (Wildman–Crippen LogP) is -0.796. The van der Waals surface area contributed by atoms with E-state index in [1.54, 1.807) is 0 Å². The first-order valence-corrected chi connectivity index (χ1v) is 4.86. The normalized spacial score (nSPS) is 16.1. The van der Waals surface area contributed by atoms with Crippen LogP contribution in [-0.4, -0.2) is 39.1 Å². The number of hydrogen-bond acceptors (Lipinski definition) is 6. The average Bonchev–Trinajstić information content (AvgIpc) is 2.01. The van der Waals surface area contributed by atoms with Crippen LogP contribution in [0.1, 0.15) is 6.92 Å². The number of phosphoric acid groups is 1. The molecule has 86 valence electrons. The Hall–Kier alpha value is -1.44. The van der Waals surface area contributed by atoms with Gasteiger partial charge in [-0.1, -0.05) is 0 Å². The fourth-order valence-corrected chi connectivity index (χ4v) is 1.23. The van der Waals surface area contributed by atoms with Gasteiger partial charge in [0.2, 0.25) is 0 Å². The van der Waals surface area contributed by atoms with E-state index in [0.29, 0.717) is 0 Å². The molecule has 2 unspecified atom stereocenters. The largest absolute Gasteiger partial charge is 0.530 e. The summed E-state index contributed by atoms with van der Waals surface area (Å²) >= 11 is 0. The lowest BCUT2D eigenvalue weighted by Gasteiger charge is -2.12. The maximum atomic E-state index is 10.8. The lowest BCUT2D eigenvalue weighted by Crippen LogP contribution is -2.21. The lowest BCUT2D eigenvalue weighted by molar-refractivity contribution is -0.159. The topological polar surface area (TPSA) is 147 Å². The summed E-state index contributed by atoms with van der Waals surface area (Å²) in [6.45, 7) is 0.903. The first-order chi connectivity index (χ1) is 6.65. The fraction of sp³-hybridized carbons (Fsp3) is 0.400. The first-order valence-electron chi connectivity index (χ1n) is 3.36. The fourth-order valence-electron chi connectivity index (χ4n) is 0.410. The number of carbonyl (C=O) groups is 3. The maximum absolute atomic E-state index is 10.8. The van der Waals surface area contributed by atoms with Gasteiger partial charge in [-0.15, -0.1) is 0 Å². The number of phosphoric ester groups is 1. The Balaban J connectivity index is 4.44. The second-order valence-corrected chi connectivity index (χ2v) is 3.57. The van der Waals surface area contributed by atoms with Crippen LogP contribution in [0, 0.1) is 0 Å². The van der Waals surface area contributed by atoms with Crippen LogP contribution in [-0.2, 0) is 28.0 Å². The monoisotopic (exact) mass is 242 g/mol. The summed E-state index contributed by atoms with van der Waals surface area (Å²) in [5, 5.41) is 16.3. The Morgan fingerprint density at radius 2 is 1.73 bits per heavy atom. The minimum Gasteiger partial charge on any atom is -0.479 e. The molecule has 10 heteroatoms. The van der Waals surface area contributed by atoms with Crippen LogP contribution in [0.2, 0.25) is 0 Å². The molecule has 15 heavy (non-hydrogen) atoms. The van der Waals surface area contributed by atoms with Gasteiger partial charge in [-0.3, -0.25) is 9.42 Å². The third-order valence-electron chi connectivity index (χ3n) is 1.01. The maximum Gasteiger partial charge on any atom is 0.530 e. The van der Waals surface area contributed by atoms with Crippen molar-refractivity contribution in [3.05, 3.63) is 0 Å². The quantitative estimate of drug-likeness (QED) is 0.425. The minimum atomic E-state index is -5.02. The number of hydrogen-bond donors (Lipinski definition) is 3. The molecule has 0 aliphatic heterocycles. The molecule has 0 amide bonds. The van der Waals surface area contributed by atoms with Crippen LogP contribution in [0.15, 0.2) is 0 Å². The minimum absolute atomic E-state index is 0.903. The van der Waals surface area contributed by atoms with Crippen molar-refractivity contribution in [2.24, 2.45) is 0 Å². The number of carboxylic acid groups (broad SMARTS) is 2. The van der Waals surface area contributed by atoms with Crippen LogP contribution in [0.3, 0.4) is 0 Å². The van der Waals surface area contributed by atoms with E-state index in [1.807, 2.05) is 0 Å². The van der Waals surface area contributed by atoms with Crippen LogP contribution >= 0.6 is 7.82 Å². The third kappa shape index (κ3) is 5.11. The van der Waals surface area contributed by atoms with Gasteiger partial charge >= 0.3 is 25.7 Å². The van der Waals surface area contributed by atoms with Gasteiger partial charge in [0.1, 0.15) is 0 Å². The molecule has 0 radical (unpaired) electrons. The standard InChI is InChI=1S/C5H7O9P/c1-2(3(6)7)13-15(11,12)14-5(10)4(8)9/h2H,1H3,(H,6,7)(H,8,9)(H,11,12). The number of rotatable bonds is 4. The molecule has 2 atom stereocenters. The van der Waals surface area contributed by atoms with Gasteiger partial charge in [-0.2, -0.15) is 0 Å². The van der Waals surface area contributed by atoms with E-state index < -0.39 is 31.8 Å². The molecule has 0 fully saturated rings. The van der Waals surface area contributed by atoms with Crippen LogP contribution in [0.4, 0.5) is 0 Å². The van der Waals surface area contributed by atoms with Crippen molar-refractivity contribution in [3.63, 3.8) is 0 Å². The molecule has 9 nitrogen and oxygen atoms in total. The van der Waals surface area contributed by atoms with Gasteiger partial charge in [-0.25, -0.2) is 18.9 Å². The molecule has 0 aliphatic carbocycles. The van der Waals surface area contributed by atoms with Gasteiger partial charge in [0.15, 0.2) is 6.10 Å². The molecule has 0 aromatic heterocycles. The van der Waals surface area contributed by atoms with Crippen molar-refractivity contribution in [3.8, 4) is 0 Å². The van der Waals surface area contributed by atoms with Gasteiger partial charge in [0, 0.05) is 0 Å². The van der Waals surface area contributed by atoms with Crippen molar-refractivity contribution >= 4 is 25.7 Å². The summed E-state index contributed by atoms with van der Waals surface area (Å²) in [4.78, 5) is 39.1. The summed E-state index contributed by atoms with van der Waals surface area (Å²) in [6.07, 6.45) is -1.72. The van der Waals surface area contributed by atoms with E-state index in [4.69, 9.17) is 15.1 Å². The van der Waals surface area contributed by atoms with Crippen molar-refractivity contribution in [1.82, 2.24) is 0 Å². The molecule has 0 spiro atoms. The highest BCUT2D eigenvalue weighted by Gasteiger charge is 2.33. The van der Waals surface area contributed by atoms with Gasteiger partial charge in [0.25, 0.3) is 0 Å². The Bertz CT molecular complexity index is 333. The molecule has 0 bridgehead atoms. The highest BCUT2D eigenvalue weighted by molar-refractivity contribution is 7.48. The summed E-state index contributed by atoms with van der Waals surface area (Å²) in [7, 11) is -5.02. The molecule has 0 rings (SSSR count). The second-order valence-electron chi connectivity index (χ2n) is 2.24. The van der Waals surface area contributed by atoms with Gasteiger partial charge in [0.05, 0.1) is 0 Å². The number of carbonyl (C=O) groups excluding carboxylic acids is 1. The highest BCUT2D eigenvalue weighted by Crippen LogP contribution is 2.44. The molecule has 0 aromatic carbocycles. The SMILES string of the molecule is CC(OP(=O)(O)OC(=O)C(=O)O)C(=O)O. The Morgan fingerprint density at radius 1 is 1.27 bits per heavy atom. The molecule has 0 aromatic rings. The summed E-state index contributed by atoms with van der Waals surface area (Å²) in [5.74, 6) is -5.69. The second kappa shape index (κ2) is 4.87. The van der Waals surface area contributed by atoms with Crippen molar-refractivity contribution < 1.29 is 43.1 Å². The zero-order valence-corrected chi connectivity index (χ0v) is 8.21. The van der Waals surface area contributed by atoms with Crippen molar-refractivity contribution in [2.75, 3.05) is 0 Å². The predicted molar refractivity (Wildman–Crippen MR) is 41.7 cm³/mol. The average molecular weight is 242 g/mol. The lowest BCUT2D eigenvalue weighted by atomic mass is 10.4. The number of carboxylic acids is 2. The van der Waals surface area contributed by atoms with E-state index in [1.165, 1.54) is 0 Å². The Morgan fingerprint density at radius 3 is 2.07 bits per heavy atom. The van der Waals surface area contributed by atoms with Crippen molar-refractivity contribution in [1.29, 1.82) is 0 Å². The third-order valence-corrected chi connectivity index (χ3v) is 1.99. The summed E-state index contributed by atoms with van der Waals surface area (Å²) < 4.78 is 18.2. The zero-order valence-electron chi connectivity index (χ0n) is 7.32. The van der Waals surface area contributed by atoms with E-state index >= 15 is 0 Å². The van der Waals surface area contributed by atoms with E-state index in [0.717, 1.165) is 6.92 Å². The summed E-state index contributed by atoms with van der Waals surface area (Å²) in [5.41, 5.74) is 0. The van der Waals surface area contributed by atoms with Crippen LogP contribution < -0.4 is 0 Å². The Kier molecular flexibility index (Phi) is 4.40. The van der Waals surface area contributed by atoms with E-state index in [-0.39, 0.29) is 0 Å². The molecular weight excluding hydrogens is 235 g/mol. The molecule has 0 saturated heterocycles. The molecule has 0 aliphatic rings. The highest BCUT2D eigenvalue weighted by atomic mass is 31.2. The van der Waals surface area contributed by atoms with Crippen LogP contribution in [0.25, 0.3) is 0 Å². The Labute approximate surface area is 82.8 Å². The van der Waals surface area contributed by atoms with Gasteiger partial charge < -0.3 is 14.7 Å². The summed E-state index contributed by atoms with van der Waals surface area (Å²) in [6, 6.07) is 0.